The number of carbonyl (C=O) groups is 1. The van der Waals surface area contributed by atoms with E-state index in [1.54, 1.807) is 25.1 Å². The Labute approximate surface area is 126 Å². The number of para-hydroxylation sites is 1. The predicted octanol–water partition coefficient (Wildman–Crippen LogP) is 1.44. The first-order chi connectivity index (χ1) is 9.92. The van der Waals surface area contributed by atoms with Gasteiger partial charge >= 0.3 is 0 Å². The van der Waals surface area contributed by atoms with Crippen LogP contribution in [0.25, 0.3) is 0 Å². The van der Waals surface area contributed by atoms with Gasteiger partial charge in [0.15, 0.2) is 0 Å². The van der Waals surface area contributed by atoms with Crippen LogP contribution in [-0.2, 0) is 14.8 Å². The minimum atomic E-state index is -3.63. The molecule has 0 saturated carbocycles. The van der Waals surface area contributed by atoms with Gasteiger partial charge < -0.3 is 11.1 Å². The molecule has 0 radical (unpaired) electrons. The number of unbranched alkanes of at least 4 members (excludes halogenated alkanes) is 1. The summed E-state index contributed by atoms with van der Waals surface area (Å²) in [5.41, 5.74) is 6.04. The maximum atomic E-state index is 12.1. The summed E-state index contributed by atoms with van der Waals surface area (Å²) in [7, 11) is -3.63. The van der Waals surface area contributed by atoms with E-state index in [-0.39, 0.29) is 23.0 Å². The van der Waals surface area contributed by atoms with Gasteiger partial charge in [0.1, 0.15) is 4.90 Å². The molecule has 0 saturated heterocycles. The highest BCUT2D eigenvalue weighted by Gasteiger charge is 2.20. The standard InChI is InChI=1S/C14H23N3O3S/c1-3-5-8-11(15)14(18)17-12-9-6-7-10-13(12)21(19,20)16-4-2/h6-7,9-11,16H,3-5,8,15H2,1-2H3,(H,17,18)/t11-/m0/s1. The molecule has 0 bridgehead atoms. The Morgan fingerprint density at radius 1 is 1.29 bits per heavy atom. The van der Waals surface area contributed by atoms with Crippen molar-refractivity contribution in [2.45, 2.75) is 44.0 Å². The fraction of sp³-hybridized carbons (Fsp3) is 0.500. The topological polar surface area (TPSA) is 101 Å². The second-order valence-corrected chi connectivity index (χ2v) is 6.47. The van der Waals surface area contributed by atoms with Crippen LogP contribution in [0.4, 0.5) is 5.69 Å². The number of hydrogen-bond acceptors (Lipinski definition) is 4. The van der Waals surface area contributed by atoms with E-state index in [1.807, 2.05) is 6.92 Å². The fourth-order valence-electron chi connectivity index (χ4n) is 1.85. The zero-order chi connectivity index (χ0) is 15.9. The van der Waals surface area contributed by atoms with E-state index in [1.165, 1.54) is 6.07 Å². The number of nitrogens with one attached hydrogen (secondary N) is 2. The third-order valence-corrected chi connectivity index (χ3v) is 4.58. The summed E-state index contributed by atoms with van der Waals surface area (Å²) in [5, 5.41) is 2.60. The van der Waals surface area contributed by atoms with Gasteiger partial charge in [0.05, 0.1) is 11.7 Å². The summed E-state index contributed by atoms with van der Waals surface area (Å²) >= 11 is 0. The van der Waals surface area contributed by atoms with Gasteiger partial charge in [-0.25, -0.2) is 13.1 Å². The van der Waals surface area contributed by atoms with Crippen molar-refractivity contribution in [1.82, 2.24) is 4.72 Å². The molecular formula is C14H23N3O3S. The molecule has 4 N–H and O–H groups in total. The van der Waals surface area contributed by atoms with Crippen molar-refractivity contribution in [1.29, 1.82) is 0 Å². The van der Waals surface area contributed by atoms with Crippen LogP contribution in [0.1, 0.15) is 33.1 Å². The van der Waals surface area contributed by atoms with Crippen LogP contribution in [0, 0.1) is 0 Å². The molecule has 0 aliphatic heterocycles. The number of amides is 1. The Balaban J connectivity index is 2.92. The van der Waals surface area contributed by atoms with Crippen molar-refractivity contribution in [3.05, 3.63) is 24.3 Å². The number of carbonyl (C=O) groups excluding carboxylic acids is 1. The molecular weight excluding hydrogens is 290 g/mol. The lowest BCUT2D eigenvalue weighted by Gasteiger charge is -2.15. The third-order valence-electron chi connectivity index (χ3n) is 2.97. The van der Waals surface area contributed by atoms with Crippen LogP contribution < -0.4 is 15.8 Å². The molecule has 0 heterocycles. The second-order valence-electron chi connectivity index (χ2n) is 4.74. The van der Waals surface area contributed by atoms with Crippen LogP contribution in [0.15, 0.2) is 29.2 Å². The smallest absolute Gasteiger partial charge is 0.242 e. The minimum absolute atomic E-state index is 0.0443. The number of hydrogen-bond donors (Lipinski definition) is 3. The van der Waals surface area contributed by atoms with Gasteiger partial charge in [-0.15, -0.1) is 0 Å². The lowest BCUT2D eigenvalue weighted by Crippen LogP contribution is -2.36. The van der Waals surface area contributed by atoms with E-state index in [0.717, 1.165) is 12.8 Å². The first-order valence-electron chi connectivity index (χ1n) is 7.07. The molecule has 7 heteroatoms. The molecule has 0 spiro atoms. The first kappa shape index (κ1) is 17.6. The Kier molecular flexibility index (Phi) is 6.80. The number of nitrogens with two attached hydrogens (primary N) is 1. The van der Waals surface area contributed by atoms with E-state index in [0.29, 0.717) is 6.42 Å². The number of benzene rings is 1. The molecule has 0 aliphatic carbocycles. The zero-order valence-electron chi connectivity index (χ0n) is 12.4. The van der Waals surface area contributed by atoms with Crippen LogP contribution >= 0.6 is 0 Å². The predicted molar refractivity (Wildman–Crippen MR) is 83.4 cm³/mol. The van der Waals surface area contributed by atoms with E-state index >= 15 is 0 Å². The van der Waals surface area contributed by atoms with E-state index in [9.17, 15) is 13.2 Å². The Morgan fingerprint density at radius 3 is 2.57 bits per heavy atom. The summed E-state index contributed by atoms with van der Waals surface area (Å²) < 4.78 is 26.6. The molecule has 118 valence electrons. The van der Waals surface area contributed by atoms with Gasteiger partial charge in [0.25, 0.3) is 0 Å². The summed E-state index contributed by atoms with van der Waals surface area (Å²) in [6, 6.07) is 5.63. The van der Waals surface area contributed by atoms with Crippen molar-refractivity contribution in [3.63, 3.8) is 0 Å². The average Bonchev–Trinajstić information content (AvgIpc) is 2.45. The van der Waals surface area contributed by atoms with Crippen LogP contribution in [-0.4, -0.2) is 26.9 Å². The normalized spacial score (nSPS) is 12.9. The molecule has 0 unspecified atom stereocenters. The molecule has 1 rings (SSSR count). The highest BCUT2D eigenvalue weighted by atomic mass is 32.2. The highest BCUT2D eigenvalue weighted by molar-refractivity contribution is 7.89. The van der Waals surface area contributed by atoms with Crippen molar-refractivity contribution >= 4 is 21.6 Å². The molecule has 0 aromatic heterocycles. The Bertz CT molecular complexity index is 573. The quantitative estimate of drug-likeness (QED) is 0.676. The Hall–Kier alpha value is -1.44. The van der Waals surface area contributed by atoms with Crippen molar-refractivity contribution < 1.29 is 13.2 Å². The summed E-state index contributed by atoms with van der Waals surface area (Å²) in [6.45, 7) is 3.99. The van der Waals surface area contributed by atoms with E-state index in [4.69, 9.17) is 5.73 Å². The van der Waals surface area contributed by atoms with Crippen LogP contribution in [0.5, 0.6) is 0 Å². The van der Waals surface area contributed by atoms with E-state index in [2.05, 4.69) is 10.0 Å². The summed E-state index contributed by atoms with van der Waals surface area (Å²) in [6.07, 6.45) is 2.38. The highest BCUT2D eigenvalue weighted by Crippen LogP contribution is 2.20. The lowest BCUT2D eigenvalue weighted by atomic mass is 10.1. The van der Waals surface area contributed by atoms with Gasteiger partial charge in [-0.05, 0) is 18.6 Å². The first-order valence-corrected chi connectivity index (χ1v) is 8.55. The van der Waals surface area contributed by atoms with Gasteiger partial charge in [-0.1, -0.05) is 38.8 Å². The van der Waals surface area contributed by atoms with Gasteiger partial charge in [-0.2, -0.15) is 0 Å². The lowest BCUT2D eigenvalue weighted by molar-refractivity contribution is -0.117. The maximum absolute atomic E-state index is 12.1. The van der Waals surface area contributed by atoms with Crippen molar-refractivity contribution in [2.24, 2.45) is 5.73 Å². The van der Waals surface area contributed by atoms with Gasteiger partial charge in [0, 0.05) is 6.54 Å². The fourth-order valence-corrected chi connectivity index (χ4v) is 3.05. The van der Waals surface area contributed by atoms with Gasteiger partial charge in [0.2, 0.25) is 15.9 Å². The molecule has 1 aromatic rings. The summed E-state index contributed by atoms with van der Waals surface area (Å²) in [5.74, 6) is -0.373. The zero-order valence-corrected chi connectivity index (χ0v) is 13.2. The third kappa shape index (κ3) is 5.11. The maximum Gasteiger partial charge on any atom is 0.242 e. The molecule has 0 aliphatic rings. The molecule has 1 atom stereocenters. The molecule has 1 aromatic carbocycles. The van der Waals surface area contributed by atoms with Crippen molar-refractivity contribution in [3.8, 4) is 0 Å². The number of anilines is 1. The minimum Gasteiger partial charge on any atom is -0.324 e. The molecule has 1 amide bonds. The van der Waals surface area contributed by atoms with Crippen LogP contribution in [0.2, 0.25) is 0 Å². The SMILES string of the molecule is CCCC[C@H](N)C(=O)Nc1ccccc1S(=O)(=O)NCC. The number of sulfonamides is 1. The Morgan fingerprint density at radius 2 is 1.95 bits per heavy atom. The van der Waals surface area contributed by atoms with E-state index < -0.39 is 16.1 Å². The molecule has 0 fully saturated rings. The monoisotopic (exact) mass is 313 g/mol. The summed E-state index contributed by atoms with van der Waals surface area (Å²) in [4.78, 5) is 12.0. The van der Waals surface area contributed by atoms with Crippen molar-refractivity contribution in [2.75, 3.05) is 11.9 Å². The molecule has 6 nitrogen and oxygen atoms in total. The average molecular weight is 313 g/mol. The largest absolute Gasteiger partial charge is 0.324 e. The number of rotatable bonds is 8. The second kappa shape index (κ2) is 8.11. The molecule has 21 heavy (non-hydrogen) atoms. The van der Waals surface area contributed by atoms with Crippen LogP contribution in [0.3, 0.4) is 0 Å². The van der Waals surface area contributed by atoms with Gasteiger partial charge in [-0.3, -0.25) is 4.79 Å².